The topological polar surface area (TPSA) is 111 Å². The molecule has 2 unspecified atom stereocenters. The standard InChI is InChI=1S/C12H22N2O4/c1-3-6(4-2)17-9-8(14)7(13)5-12(11(15)16)10(9)18-12/h6-10H,3-5,13-14H2,1-2H3,(H,15,16)/t7-,8+,9-,10?,12?/m1/s1. The summed E-state index contributed by atoms with van der Waals surface area (Å²) in [5, 5.41) is 9.23. The fraction of sp³-hybridized carbons (Fsp3) is 0.917. The normalized spacial score (nSPS) is 42.7. The van der Waals surface area contributed by atoms with Crippen LogP contribution >= 0.6 is 0 Å². The highest BCUT2D eigenvalue weighted by Crippen LogP contribution is 2.48. The lowest BCUT2D eigenvalue weighted by Gasteiger charge is -2.35. The van der Waals surface area contributed by atoms with E-state index in [1.165, 1.54) is 0 Å². The number of nitrogens with two attached hydrogens (primary N) is 2. The Kier molecular flexibility index (Phi) is 3.64. The summed E-state index contributed by atoms with van der Waals surface area (Å²) >= 11 is 0. The van der Waals surface area contributed by atoms with Crippen molar-refractivity contribution in [1.29, 1.82) is 0 Å². The molecule has 0 aromatic rings. The maximum atomic E-state index is 11.3. The largest absolute Gasteiger partial charge is 0.479 e. The Morgan fingerprint density at radius 3 is 2.61 bits per heavy atom. The molecule has 0 bridgehead atoms. The van der Waals surface area contributed by atoms with E-state index >= 15 is 0 Å². The fourth-order valence-corrected chi connectivity index (χ4v) is 2.75. The van der Waals surface area contributed by atoms with Crippen molar-refractivity contribution in [3.05, 3.63) is 0 Å². The second kappa shape index (κ2) is 4.77. The van der Waals surface area contributed by atoms with Crippen LogP contribution in [0.25, 0.3) is 0 Å². The van der Waals surface area contributed by atoms with Crippen LogP contribution in [0.2, 0.25) is 0 Å². The van der Waals surface area contributed by atoms with E-state index in [9.17, 15) is 9.90 Å². The minimum Gasteiger partial charge on any atom is -0.479 e. The van der Waals surface area contributed by atoms with Crippen molar-refractivity contribution in [2.75, 3.05) is 0 Å². The van der Waals surface area contributed by atoms with Gasteiger partial charge < -0.3 is 26.0 Å². The average molecular weight is 258 g/mol. The van der Waals surface area contributed by atoms with Gasteiger partial charge in [0.15, 0.2) is 5.60 Å². The first-order chi connectivity index (χ1) is 8.46. The number of aliphatic carboxylic acids is 1. The molecule has 1 aliphatic carbocycles. The molecule has 0 amide bonds. The number of carbonyl (C=O) groups is 1. The maximum Gasteiger partial charge on any atom is 0.338 e. The molecule has 0 radical (unpaired) electrons. The van der Waals surface area contributed by atoms with Crippen LogP contribution in [0.1, 0.15) is 33.1 Å². The van der Waals surface area contributed by atoms with Gasteiger partial charge >= 0.3 is 5.97 Å². The molecule has 18 heavy (non-hydrogen) atoms. The van der Waals surface area contributed by atoms with Gasteiger partial charge in [0.25, 0.3) is 0 Å². The summed E-state index contributed by atoms with van der Waals surface area (Å²) in [4.78, 5) is 11.3. The molecule has 1 heterocycles. The second-order valence-corrected chi connectivity index (χ2v) is 5.22. The average Bonchev–Trinajstić information content (AvgIpc) is 3.05. The number of epoxide rings is 1. The van der Waals surface area contributed by atoms with Gasteiger partial charge in [-0.2, -0.15) is 0 Å². The van der Waals surface area contributed by atoms with Gasteiger partial charge in [0, 0.05) is 18.5 Å². The maximum absolute atomic E-state index is 11.3. The Labute approximate surface area is 107 Å². The van der Waals surface area contributed by atoms with Crippen LogP contribution in [0.4, 0.5) is 0 Å². The van der Waals surface area contributed by atoms with Crippen molar-refractivity contribution in [3.63, 3.8) is 0 Å². The van der Waals surface area contributed by atoms with Crippen LogP contribution in [-0.4, -0.2) is 47.1 Å². The van der Waals surface area contributed by atoms with Gasteiger partial charge in [0.05, 0.1) is 6.10 Å². The number of hydrogen-bond acceptors (Lipinski definition) is 5. The highest BCUT2D eigenvalue weighted by Gasteiger charge is 2.71. The van der Waals surface area contributed by atoms with Gasteiger partial charge in [-0.3, -0.25) is 0 Å². The second-order valence-electron chi connectivity index (χ2n) is 5.22. The monoisotopic (exact) mass is 258 g/mol. The number of carboxylic acid groups (broad SMARTS) is 1. The molecular formula is C12H22N2O4. The molecule has 104 valence electrons. The third kappa shape index (κ3) is 2.03. The van der Waals surface area contributed by atoms with E-state index in [1.807, 2.05) is 13.8 Å². The zero-order valence-corrected chi connectivity index (χ0v) is 10.8. The number of fused-ring (bicyclic) bond motifs is 1. The minimum absolute atomic E-state index is 0.0713. The van der Waals surface area contributed by atoms with Crippen molar-refractivity contribution in [2.45, 2.75) is 69.1 Å². The van der Waals surface area contributed by atoms with E-state index < -0.39 is 29.8 Å². The molecule has 0 spiro atoms. The highest BCUT2D eigenvalue weighted by atomic mass is 16.7. The quantitative estimate of drug-likeness (QED) is 0.591. The third-order valence-electron chi connectivity index (χ3n) is 4.07. The van der Waals surface area contributed by atoms with Crippen LogP contribution in [0, 0.1) is 0 Å². The van der Waals surface area contributed by atoms with Gasteiger partial charge in [-0.05, 0) is 12.8 Å². The first-order valence-electron chi connectivity index (χ1n) is 6.54. The Morgan fingerprint density at radius 1 is 1.50 bits per heavy atom. The zero-order valence-electron chi connectivity index (χ0n) is 10.8. The summed E-state index contributed by atoms with van der Waals surface area (Å²) in [6.45, 7) is 4.06. The molecule has 2 aliphatic rings. The van der Waals surface area contributed by atoms with E-state index in [-0.39, 0.29) is 18.6 Å². The molecule has 0 aromatic carbocycles. The smallest absolute Gasteiger partial charge is 0.338 e. The molecule has 2 rings (SSSR count). The summed E-state index contributed by atoms with van der Waals surface area (Å²) in [7, 11) is 0. The van der Waals surface area contributed by atoms with E-state index in [4.69, 9.17) is 20.9 Å². The SMILES string of the molecule is CCC(CC)O[C@H]1C2OC2(C(=O)O)C[C@@H](N)[C@@H]1N. The predicted molar refractivity (Wildman–Crippen MR) is 65.1 cm³/mol. The molecule has 6 heteroatoms. The Balaban J connectivity index is 2.11. The number of carboxylic acids is 1. The van der Waals surface area contributed by atoms with Crippen molar-refractivity contribution >= 4 is 5.97 Å². The Bertz CT molecular complexity index is 334. The van der Waals surface area contributed by atoms with Crippen molar-refractivity contribution in [3.8, 4) is 0 Å². The molecule has 6 nitrogen and oxygen atoms in total. The van der Waals surface area contributed by atoms with E-state index in [1.54, 1.807) is 0 Å². The fourth-order valence-electron chi connectivity index (χ4n) is 2.75. The van der Waals surface area contributed by atoms with Crippen LogP contribution in [-0.2, 0) is 14.3 Å². The van der Waals surface area contributed by atoms with Crippen molar-refractivity contribution in [2.24, 2.45) is 11.5 Å². The van der Waals surface area contributed by atoms with Crippen LogP contribution in [0.15, 0.2) is 0 Å². The minimum atomic E-state index is -1.16. The summed E-state index contributed by atoms with van der Waals surface area (Å²) < 4.78 is 11.3. The summed E-state index contributed by atoms with van der Waals surface area (Å²) in [6, 6.07) is -0.773. The molecule has 1 saturated carbocycles. The molecule has 1 saturated heterocycles. The molecule has 1 aliphatic heterocycles. The Hall–Kier alpha value is -0.690. The van der Waals surface area contributed by atoms with E-state index in [2.05, 4.69) is 0 Å². The Morgan fingerprint density at radius 2 is 2.11 bits per heavy atom. The van der Waals surface area contributed by atoms with Gasteiger partial charge in [-0.1, -0.05) is 13.8 Å². The van der Waals surface area contributed by atoms with Crippen molar-refractivity contribution < 1.29 is 19.4 Å². The molecule has 2 fully saturated rings. The zero-order chi connectivity index (χ0) is 13.5. The first-order valence-corrected chi connectivity index (χ1v) is 6.54. The van der Waals surface area contributed by atoms with E-state index in [0.29, 0.717) is 0 Å². The number of hydrogen-bond donors (Lipinski definition) is 3. The molecular weight excluding hydrogens is 236 g/mol. The van der Waals surface area contributed by atoms with E-state index in [0.717, 1.165) is 12.8 Å². The lowest BCUT2D eigenvalue weighted by atomic mass is 9.81. The first kappa shape index (κ1) is 13.7. The van der Waals surface area contributed by atoms with Gasteiger partial charge in [-0.15, -0.1) is 0 Å². The lowest BCUT2D eigenvalue weighted by molar-refractivity contribution is -0.144. The van der Waals surface area contributed by atoms with Crippen LogP contribution in [0.3, 0.4) is 0 Å². The lowest BCUT2D eigenvalue weighted by Crippen LogP contribution is -2.60. The summed E-state index contributed by atoms with van der Waals surface area (Å²) in [6.07, 6.45) is 1.18. The van der Waals surface area contributed by atoms with Crippen LogP contribution in [0.5, 0.6) is 0 Å². The number of ether oxygens (including phenoxy) is 2. The third-order valence-corrected chi connectivity index (χ3v) is 4.07. The molecule has 5 atom stereocenters. The van der Waals surface area contributed by atoms with Crippen LogP contribution < -0.4 is 11.5 Å². The van der Waals surface area contributed by atoms with Gasteiger partial charge in [0.2, 0.25) is 0 Å². The van der Waals surface area contributed by atoms with Crippen molar-refractivity contribution in [1.82, 2.24) is 0 Å². The molecule has 5 N–H and O–H groups in total. The summed E-state index contributed by atoms with van der Waals surface area (Å²) in [5.74, 6) is -0.965. The highest BCUT2D eigenvalue weighted by molar-refractivity contribution is 5.82. The number of rotatable bonds is 5. The summed E-state index contributed by atoms with van der Waals surface area (Å²) in [5.41, 5.74) is 10.8. The predicted octanol–water partition coefficient (Wildman–Crippen LogP) is -0.159. The molecule has 0 aromatic heterocycles. The van der Waals surface area contributed by atoms with Gasteiger partial charge in [0.1, 0.15) is 12.2 Å². The van der Waals surface area contributed by atoms with Gasteiger partial charge in [-0.25, -0.2) is 4.79 Å².